The summed E-state index contributed by atoms with van der Waals surface area (Å²) < 4.78 is 0. The fourth-order valence-corrected chi connectivity index (χ4v) is 1.93. The number of carbonyl (C=O) groups excluding carboxylic acids is 1. The lowest BCUT2D eigenvalue weighted by Gasteiger charge is -2.02. The summed E-state index contributed by atoms with van der Waals surface area (Å²) >= 11 is 0. The Morgan fingerprint density at radius 1 is 0.750 bits per heavy atom. The zero-order chi connectivity index (χ0) is 17.7. The molecule has 0 atom stereocenters. The molecule has 0 aromatic heterocycles. The van der Waals surface area contributed by atoms with Crippen LogP contribution in [-0.4, -0.2) is 32.2 Å². The van der Waals surface area contributed by atoms with Gasteiger partial charge in [0.2, 0.25) is 0 Å². The molecule has 0 fully saturated rings. The summed E-state index contributed by atoms with van der Waals surface area (Å²) in [5, 5.41) is 37.1. The first-order valence-electron chi connectivity index (χ1n) is 6.85. The fourth-order valence-electron chi connectivity index (χ4n) is 1.93. The zero-order valence-corrected chi connectivity index (χ0v) is 12.4. The molecule has 2 rings (SSSR count). The van der Waals surface area contributed by atoms with E-state index in [0.717, 1.165) is 6.08 Å². The van der Waals surface area contributed by atoms with Crippen LogP contribution in [0.1, 0.15) is 21.5 Å². The minimum atomic E-state index is -1.12. The molecule has 0 bridgehead atoms. The second kappa shape index (κ2) is 7.15. The minimum Gasteiger partial charge on any atom is -0.507 e. The Kier molecular flexibility index (Phi) is 5.01. The second-order valence-corrected chi connectivity index (χ2v) is 4.89. The normalized spacial score (nSPS) is 11.2. The molecule has 0 aliphatic heterocycles. The van der Waals surface area contributed by atoms with Crippen molar-refractivity contribution in [1.29, 1.82) is 0 Å². The highest BCUT2D eigenvalue weighted by Gasteiger charge is 2.08. The first kappa shape index (κ1) is 16.8. The van der Waals surface area contributed by atoms with Crippen LogP contribution in [-0.2, 0) is 4.79 Å². The predicted molar refractivity (Wildman–Crippen MR) is 87.9 cm³/mol. The predicted octanol–water partition coefficient (Wildman–Crippen LogP) is 2.80. The number of carbonyl (C=O) groups is 2. The number of phenolic OH excluding ortho intramolecular Hbond substituents is 3. The maximum absolute atomic E-state index is 12.1. The van der Waals surface area contributed by atoms with Crippen molar-refractivity contribution in [2.75, 3.05) is 0 Å². The molecule has 0 spiro atoms. The molecule has 0 aliphatic carbocycles. The van der Waals surface area contributed by atoms with Gasteiger partial charge >= 0.3 is 5.97 Å². The van der Waals surface area contributed by atoms with Crippen molar-refractivity contribution < 1.29 is 30.0 Å². The average molecular weight is 326 g/mol. The molecule has 0 saturated carbocycles. The van der Waals surface area contributed by atoms with Gasteiger partial charge in [-0.1, -0.05) is 18.2 Å². The number of ketones is 1. The van der Waals surface area contributed by atoms with Crippen LogP contribution >= 0.6 is 0 Å². The third-order valence-corrected chi connectivity index (χ3v) is 3.13. The van der Waals surface area contributed by atoms with E-state index >= 15 is 0 Å². The second-order valence-electron chi connectivity index (χ2n) is 4.89. The third-order valence-electron chi connectivity index (χ3n) is 3.13. The average Bonchev–Trinajstić information content (AvgIpc) is 2.53. The maximum atomic E-state index is 12.1. The summed E-state index contributed by atoms with van der Waals surface area (Å²) in [5.74, 6) is -2.42. The van der Waals surface area contributed by atoms with Crippen molar-refractivity contribution in [2.45, 2.75) is 0 Å². The lowest BCUT2D eigenvalue weighted by atomic mass is 10.0. The molecule has 0 unspecified atom stereocenters. The van der Waals surface area contributed by atoms with E-state index < -0.39 is 11.8 Å². The van der Waals surface area contributed by atoms with Crippen LogP contribution in [0.25, 0.3) is 12.2 Å². The van der Waals surface area contributed by atoms with Crippen LogP contribution in [0.3, 0.4) is 0 Å². The number of hydrogen-bond donors (Lipinski definition) is 4. The molecule has 0 saturated heterocycles. The van der Waals surface area contributed by atoms with Crippen molar-refractivity contribution in [3.05, 3.63) is 65.2 Å². The first-order valence-corrected chi connectivity index (χ1v) is 6.85. The minimum absolute atomic E-state index is 0.0572. The number of hydrogen-bond acceptors (Lipinski definition) is 5. The molecule has 122 valence electrons. The van der Waals surface area contributed by atoms with Gasteiger partial charge in [0.05, 0.1) is 5.56 Å². The Hall–Kier alpha value is -3.54. The van der Waals surface area contributed by atoms with E-state index in [-0.39, 0.29) is 22.8 Å². The molecule has 2 aromatic rings. The van der Waals surface area contributed by atoms with Gasteiger partial charge in [0.15, 0.2) is 17.3 Å². The van der Waals surface area contributed by atoms with E-state index in [2.05, 4.69) is 0 Å². The van der Waals surface area contributed by atoms with Crippen molar-refractivity contribution in [3.8, 4) is 17.2 Å². The molecule has 0 radical (unpaired) electrons. The van der Waals surface area contributed by atoms with Crippen molar-refractivity contribution in [3.63, 3.8) is 0 Å². The van der Waals surface area contributed by atoms with E-state index in [4.69, 9.17) is 5.11 Å². The molecule has 2 aromatic carbocycles. The van der Waals surface area contributed by atoms with Gasteiger partial charge in [-0.05, 0) is 47.5 Å². The Bertz CT molecular complexity index is 849. The Balaban J connectivity index is 2.18. The van der Waals surface area contributed by atoms with Gasteiger partial charge in [-0.3, -0.25) is 4.79 Å². The molecule has 0 aliphatic rings. The van der Waals surface area contributed by atoms with E-state index in [0.29, 0.717) is 11.1 Å². The topological polar surface area (TPSA) is 115 Å². The number of aromatic hydroxyl groups is 3. The SMILES string of the molecule is O=C(O)C=Cc1ccc(C(=O)C=Cc2ccc(O)c(O)c2)c(O)c1. The summed E-state index contributed by atoms with van der Waals surface area (Å²) in [7, 11) is 0. The Morgan fingerprint density at radius 2 is 1.33 bits per heavy atom. The number of rotatable bonds is 5. The number of allylic oxidation sites excluding steroid dienone is 1. The summed E-state index contributed by atoms with van der Waals surface area (Å²) in [4.78, 5) is 22.5. The van der Waals surface area contributed by atoms with Crippen LogP contribution < -0.4 is 0 Å². The Morgan fingerprint density at radius 3 is 1.92 bits per heavy atom. The lowest BCUT2D eigenvalue weighted by molar-refractivity contribution is -0.131. The summed E-state index contributed by atoms with van der Waals surface area (Å²) in [6, 6.07) is 8.27. The van der Waals surface area contributed by atoms with Gasteiger partial charge in [-0.25, -0.2) is 4.79 Å². The number of benzene rings is 2. The number of carboxylic acid groups (broad SMARTS) is 1. The molecule has 0 amide bonds. The molecule has 0 heterocycles. The number of phenols is 3. The maximum Gasteiger partial charge on any atom is 0.328 e. The zero-order valence-electron chi connectivity index (χ0n) is 12.4. The standard InChI is InChI=1S/C18H14O6/c19-14(6-2-12-3-7-15(20)17(22)10-12)13-5-1-11(9-16(13)21)4-8-18(23)24/h1-10,20-22H,(H,23,24). The summed E-state index contributed by atoms with van der Waals surface area (Å²) in [6.07, 6.45) is 4.87. The number of aliphatic carboxylic acids is 1. The molecule has 24 heavy (non-hydrogen) atoms. The molecular weight excluding hydrogens is 312 g/mol. The largest absolute Gasteiger partial charge is 0.507 e. The third kappa shape index (κ3) is 4.23. The van der Waals surface area contributed by atoms with Crippen LogP contribution in [0.2, 0.25) is 0 Å². The van der Waals surface area contributed by atoms with Crippen LogP contribution in [0, 0.1) is 0 Å². The molecule has 6 heteroatoms. The van der Waals surface area contributed by atoms with Gasteiger partial charge in [0.25, 0.3) is 0 Å². The van der Waals surface area contributed by atoms with Crippen LogP contribution in [0.5, 0.6) is 17.2 Å². The monoisotopic (exact) mass is 326 g/mol. The smallest absolute Gasteiger partial charge is 0.328 e. The molecule has 4 N–H and O–H groups in total. The van der Waals surface area contributed by atoms with Crippen molar-refractivity contribution >= 4 is 23.9 Å². The highest BCUT2D eigenvalue weighted by molar-refractivity contribution is 6.08. The van der Waals surface area contributed by atoms with E-state index in [1.54, 1.807) is 0 Å². The Labute approximate surface area is 137 Å². The van der Waals surface area contributed by atoms with Gasteiger partial charge in [-0.2, -0.15) is 0 Å². The summed E-state index contributed by atoms with van der Waals surface area (Å²) in [6.45, 7) is 0. The van der Waals surface area contributed by atoms with Crippen LogP contribution in [0.15, 0.2) is 48.6 Å². The fraction of sp³-hybridized carbons (Fsp3) is 0. The quantitative estimate of drug-likeness (QED) is 0.381. The molecule has 6 nitrogen and oxygen atoms in total. The lowest BCUT2D eigenvalue weighted by Crippen LogP contribution is -1.95. The first-order chi connectivity index (χ1) is 11.4. The highest BCUT2D eigenvalue weighted by Crippen LogP contribution is 2.26. The van der Waals surface area contributed by atoms with Crippen LogP contribution in [0.4, 0.5) is 0 Å². The van der Waals surface area contributed by atoms with Gasteiger partial charge in [0, 0.05) is 6.08 Å². The van der Waals surface area contributed by atoms with Gasteiger partial charge in [0.1, 0.15) is 5.75 Å². The van der Waals surface area contributed by atoms with Crippen molar-refractivity contribution in [1.82, 2.24) is 0 Å². The highest BCUT2D eigenvalue weighted by atomic mass is 16.4. The van der Waals surface area contributed by atoms with Gasteiger partial charge in [-0.15, -0.1) is 0 Å². The number of carboxylic acids is 1. The van der Waals surface area contributed by atoms with Gasteiger partial charge < -0.3 is 20.4 Å². The van der Waals surface area contributed by atoms with E-state index in [9.17, 15) is 24.9 Å². The summed E-state index contributed by atoms with van der Waals surface area (Å²) in [5.41, 5.74) is 1.000. The van der Waals surface area contributed by atoms with E-state index in [1.165, 1.54) is 54.6 Å². The van der Waals surface area contributed by atoms with E-state index in [1.807, 2.05) is 0 Å². The molecular formula is C18H14O6. The van der Waals surface area contributed by atoms with Crippen molar-refractivity contribution in [2.24, 2.45) is 0 Å².